The van der Waals surface area contributed by atoms with Gasteiger partial charge in [-0.3, -0.25) is 9.59 Å². The van der Waals surface area contributed by atoms with Gasteiger partial charge in [-0.15, -0.1) is 0 Å². The average Bonchev–Trinajstić information content (AvgIpc) is 2.85. The highest BCUT2D eigenvalue weighted by atomic mass is 16.4. The standard InChI is InChI=1S/C12H17NO5/c1-12(2)6-7(12)10(16)13-8(11(17)18)4-3-5-9(14)15/h4,7H,3,5-6H2,1-2H3,(H,13,16)(H,14,15)(H,17,18). The summed E-state index contributed by atoms with van der Waals surface area (Å²) in [5.74, 6) is -2.75. The summed E-state index contributed by atoms with van der Waals surface area (Å²) in [5.41, 5.74) is -0.321. The van der Waals surface area contributed by atoms with Gasteiger partial charge in [-0.25, -0.2) is 4.79 Å². The smallest absolute Gasteiger partial charge is 0.352 e. The molecule has 6 nitrogen and oxygen atoms in total. The van der Waals surface area contributed by atoms with Gasteiger partial charge in [-0.1, -0.05) is 19.9 Å². The summed E-state index contributed by atoms with van der Waals surface area (Å²) in [7, 11) is 0. The molecular formula is C12H17NO5. The van der Waals surface area contributed by atoms with E-state index in [1.165, 1.54) is 6.08 Å². The topological polar surface area (TPSA) is 104 Å². The third kappa shape index (κ3) is 3.87. The zero-order valence-electron chi connectivity index (χ0n) is 10.4. The number of carbonyl (C=O) groups excluding carboxylic acids is 1. The van der Waals surface area contributed by atoms with E-state index in [4.69, 9.17) is 10.2 Å². The van der Waals surface area contributed by atoms with Gasteiger partial charge < -0.3 is 15.5 Å². The van der Waals surface area contributed by atoms with E-state index < -0.39 is 11.9 Å². The van der Waals surface area contributed by atoms with Crippen LogP contribution >= 0.6 is 0 Å². The Morgan fingerprint density at radius 1 is 1.33 bits per heavy atom. The van der Waals surface area contributed by atoms with Crippen LogP contribution in [-0.4, -0.2) is 28.1 Å². The highest BCUT2D eigenvalue weighted by Gasteiger charge is 2.50. The molecule has 3 N–H and O–H groups in total. The number of rotatable bonds is 6. The number of carboxylic acids is 2. The molecule has 0 aliphatic heterocycles. The molecule has 1 saturated carbocycles. The summed E-state index contributed by atoms with van der Waals surface area (Å²) >= 11 is 0. The van der Waals surface area contributed by atoms with Crippen molar-refractivity contribution in [2.45, 2.75) is 33.1 Å². The Labute approximate surface area is 105 Å². The maximum Gasteiger partial charge on any atom is 0.352 e. The van der Waals surface area contributed by atoms with E-state index in [9.17, 15) is 14.4 Å². The predicted octanol–water partition coefficient (Wildman–Crippen LogP) is 0.982. The monoisotopic (exact) mass is 255 g/mol. The number of carboxylic acid groups (broad SMARTS) is 2. The first-order valence-electron chi connectivity index (χ1n) is 5.70. The molecule has 1 amide bonds. The van der Waals surface area contributed by atoms with Crippen molar-refractivity contribution in [2.24, 2.45) is 11.3 Å². The minimum absolute atomic E-state index is 0.0746. The van der Waals surface area contributed by atoms with Gasteiger partial charge in [0.1, 0.15) is 5.70 Å². The minimum Gasteiger partial charge on any atom is -0.481 e. The van der Waals surface area contributed by atoms with Gasteiger partial charge in [-0.2, -0.15) is 0 Å². The van der Waals surface area contributed by atoms with Crippen molar-refractivity contribution < 1.29 is 24.6 Å². The fourth-order valence-corrected chi connectivity index (χ4v) is 1.67. The summed E-state index contributed by atoms with van der Waals surface area (Å²) in [6.07, 6.45) is 1.87. The Morgan fingerprint density at radius 2 is 1.89 bits per heavy atom. The average molecular weight is 255 g/mol. The summed E-state index contributed by atoms with van der Waals surface area (Å²) in [4.78, 5) is 32.9. The second kappa shape index (κ2) is 5.20. The van der Waals surface area contributed by atoms with Crippen LogP contribution < -0.4 is 5.32 Å². The highest BCUT2D eigenvalue weighted by molar-refractivity contribution is 5.94. The van der Waals surface area contributed by atoms with Crippen molar-refractivity contribution in [2.75, 3.05) is 0 Å². The molecule has 1 aliphatic rings. The van der Waals surface area contributed by atoms with Gasteiger partial charge in [0.15, 0.2) is 0 Å². The Kier molecular flexibility index (Phi) is 4.11. The van der Waals surface area contributed by atoms with Crippen molar-refractivity contribution >= 4 is 17.8 Å². The number of allylic oxidation sites excluding steroid dienone is 1. The number of hydrogen-bond acceptors (Lipinski definition) is 3. The van der Waals surface area contributed by atoms with Gasteiger partial charge in [0.2, 0.25) is 5.91 Å². The molecule has 0 aromatic carbocycles. The van der Waals surface area contributed by atoms with Crippen molar-refractivity contribution in [1.82, 2.24) is 5.32 Å². The summed E-state index contributed by atoms with van der Waals surface area (Å²) in [5, 5.41) is 19.7. The molecule has 1 atom stereocenters. The first kappa shape index (κ1) is 14.2. The molecule has 100 valence electrons. The summed E-state index contributed by atoms with van der Waals surface area (Å²) in [6.45, 7) is 3.87. The van der Waals surface area contributed by atoms with Gasteiger partial charge >= 0.3 is 11.9 Å². The number of hydrogen-bond donors (Lipinski definition) is 3. The van der Waals surface area contributed by atoms with Gasteiger partial charge in [-0.05, 0) is 18.3 Å². The second-order valence-electron chi connectivity index (χ2n) is 5.09. The largest absolute Gasteiger partial charge is 0.481 e. The van der Waals surface area contributed by atoms with Crippen LogP contribution in [0.2, 0.25) is 0 Å². The molecule has 1 unspecified atom stereocenters. The summed E-state index contributed by atoms with van der Waals surface area (Å²) in [6, 6.07) is 0. The molecule has 0 bridgehead atoms. The van der Waals surface area contributed by atoms with Crippen LogP contribution in [0.25, 0.3) is 0 Å². The predicted molar refractivity (Wildman–Crippen MR) is 62.6 cm³/mol. The number of aliphatic carboxylic acids is 2. The van der Waals surface area contributed by atoms with Crippen LogP contribution in [0.5, 0.6) is 0 Å². The van der Waals surface area contributed by atoms with Crippen LogP contribution in [0.15, 0.2) is 11.8 Å². The molecule has 6 heteroatoms. The maximum absolute atomic E-state index is 11.7. The quantitative estimate of drug-likeness (QED) is 0.614. The Bertz CT molecular complexity index is 411. The lowest BCUT2D eigenvalue weighted by molar-refractivity contribution is -0.137. The van der Waals surface area contributed by atoms with Crippen LogP contribution in [0.3, 0.4) is 0 Å². The van der Waals surface area contributed by atoms with Gasteiger partial charge in [0.05, 0.1) is 0 Å². The van der Waals surface area contributed by atoms with E-state index in [0.29, 0.717) is 0 Å². The molecule has 0 aromatic heterocycles. The lowest BCUT2D eigenvalue weighted by Gasteiger charge is -2.07. The van der Waals surface area contributed by atoms with E-state index in [0.717, 1.165) is 6.42 Å². The van der Waals surface area contributed by atoms with Crippen molar-refractivity contribution in [3.05, 3.63) is 11.8 Å². The van der Waals surface area contributed by atoms with E-state index in [2.05, 4.69) is 5.32 Å². The lowest BCUT2D eigenvalue weighted by Crippen LogP contribution is -2.29. The first-order valence-corrected chi connectivity index (χ1v) is 5.70. The fraction of sp³-hybridized carbons (Fsp3) is 0.583. The molecule has 0 aromatic rings. The minimum atomic E-state index is -1.26. The van der Waals surface area contributed by atoms with E-state index in [1.54, 1.807) is 0 Å². The lowest BCUT2D eigenvalue weighted by atomic mass is 10.1. The van der Waals surface area contributed by atoms with Crippen LogP contribution in [0.4, 0.5) is 0 Å². The van der Waals surface area contributed by atoms with E-state index in [1.807, 2.05) is 13.8 Å². The third-order valence-electron chi connectivity index (χ3n) is 3.02. The molecule has 0 heterocycles. The Morgan fingerprint density at radius 3 is 2.28 bits per heavy atom. The number of amides is 1. The van der Waals surface area contributed by atoms with Crippen LogP contribution in [0, 0.1) is 11.3 Å². The second-order valence-corrected chi connectivity index (χ2v) is 5.09. The fourth-order valence-electron chi connectivity index (χ4n) is 1.67. The molecule has 1 rings (SSSR count). The number of carbonyl (C=O) groups is 3. The Balaban J connectivity index is 2.56. The third-order valence-corrected chi connectivity index (χ3v) is 3.02. The summed E-state index contributed by atoms with van der Waals surface area (Å²) < 4.78 is 0. The van der Waals surface area contributed by atoms with Crippen LogP contribution in [0.1, 0.15) is 33.1 Å². The molecule has 0 radical (unpaired) electrons. The molecule has 18 heavy (non-hydrogen) atoms. The SMILES string of the molecule is CC1(C)CC1C(=O)NC(=CCCC(=O)O)C(=O)O. The zero-order valence-corrected chi connectivity index (χ0v) is 10.4. The Hall–Kier alpha value is -1.85. The molecule has 0 saturated heterocycles. The van der Waals surface area contributed by atoms with Crippen molar-refractivity contribution in [3.63, 3.8) is 0 Å². The van der Waals surface area contributed by atoms with Gasteiger partial charge in [0.25, 0.3) is 0 Å². The maximum atomic E-state index is 11.7. The molecule has 1 fully saturated rings. The zero-order chi connectivity index (χ0) is 13.9. The normalized spacial score (nSPS) is 21.2. The van der Waals surface area contributed by atoms with Crippen molar-refractivity contribution in [1.29, 1.82) is 0 Å². The van der Waals surface area contributed by atoms with Gasteiger partial charge in [0, 0.05) is 12.3 Å². The van der Waals surface area contributed by atoms with Crippen molar-refractivity contribution in [3.8, 4) is 0 Å². The van der Waals surface area contributed by atoms with Crippen LogP contribution in [-0.2, 0) is 14.4 Å². The first-order chi connectivity index (χ1) is 8.24. The highest BCUT2D eigenvalue weighted by Crippen LogP contribution is 2.51. The van der Waals surface area contributed by atoms with E-state index in [-0.39, 0.29) is 35.8 Å². The molecule has 1 aliphatic carbocycles. The number of nitrogens with one attached hydrogen (secondary N) is 1. The molecular weight excluding hydrogens is 238 g/mol. The molecule has 0 spiro atoms. The van der Waals surface area contributed by atoms with E-state index >= 15 is 0 Å².